The molecular formula is C13H25N3. The van der Waals surface area contributed by atoms with E-state index in [9.17, 15) is 0 Å². The number of unbranched alkanes of at least 4 members (excludes halogenated alkanes) is 2. The molecule has 1 unspecified atom stereocenters. The minimum atomic E-state index is 0.139. The van der Waals surface area contributed by atoms with Crippen LogP contribution in [0.2, 0.25) is 0 Å². The standard InChI is InChI=1S/C13H25N3/c1-5-7-8-9-16-11(4)13(10(3)15-16)12(14)6-2/h12H,5-9,14H2,1-4H3. The fourth-order valence-electron chi connectivity index (χ4n) is 2.18. The zero-order valence-corrected chi connectivity index (χ0v) is 11.1. The first-order valence-electron chi connectivity index (χ1n) is 6.41. The topological polar surface area (TPSA) is 43.8 Å². The molecule has 0 fully saturated rings. The highest BCUT2D eigenvalue weighted by molar-refractivity contribution is 5.27. The van der Waals surface area contributed by atoms with Gasteiger partial charge in [0.2, 0.25) is 0 Å². The van der Waals surface area contributed by atoms with Crippen LogP contribution in [-0.2, 0) is 6.54 Å². The number of aromatic nitrogens is 2. The maximum atomic E-state index is 6.11. The normalized spacial score (nSPS) is 13.1. The van der Waals surface area contributed by atoms with Crippen molar-refractivity contribution in [3.05, 3.63) is 17.0 Å². The lowest BCUT2D eigenvalue weighted by atomic mass is 10.0. The maximum Gasteiger partial charge on any atom is 0.0644 e. The van der Waals surface area contributed by atoms with Gasteiger partial charge in [-0.2, -0.15) is 5.10 Å². The van der Waals surface area contributed by atoms with Crippen molar-refractivity contribution in [3.8, 4) is 0 Å². The second-order valence-electron chi connectivity index (χ2n) is 4.53. The van der Waals surface area contributed by atoms with Crippen LogP contribution in [0.25, 0.3) is 0 Å². The largest absolute Gasteiger partial charge is 0.324 e. The van der Waals surface area contributed by atoms with Gasteiger partial charge in [-0.3, -0.25) is 4.68 Å². The van der Waals surface area contributed by atoms with E-state index in [-0.39, 0.29) is 6.04 Å². The van der Waals surface area contributed by atoms with Gasteiger partial charge in [0, 0.05) is 23.8 Å². The molecule has 3 nitrogen and oxygen atoms in total. The van der Waals surface area contributed by atoms with Crippen LogP contribution in [0.5, 0.6) is 0 Å². The Kier molecular flexibility index (Phi) is 5.00. The molecule has 0 saturated heterocycles. The van der Waals surface area contributed by atoms with Crippen molar-refractivity contribution in [2.24, 2.45) is 5.73 Å². The Morgan fingerprint density at radius 1 is 1.25 bits per heavy atom. The van der Waals surface area contributed by atoms with Crippen molar-refractivity contribution in [1.82, 2.24) is 9.78 Å². The Balaban J connectivity index is 2.80. The van der Waals surface area contributed by atoms with Crippen LogP contribution in [0, 0.1) is 13.8 Å². The maximum absolute atomic E-state index is 6.11. The molecule has 0 aliphatic heterocycles. The van der Waals surface area contributed by atoms with Gasteiger partial charge in [0.15, 0.2) is 0 Å². The average Bonchev–Trinajstić information content (AvgIpc) is 2.54. The van der Waals surface area contributed by atoms with Crippen molar-refractivity contribution in [2.45, 2.75) is 66.0 Å². The van der Waals surface area contributed by atoms with Gasteiger partial charge in [-0.15, -0.1) is 0 Å². The fourth-order valence-corrected chi connectivity index (χ4v) is 2.18. The summed E-state index contributed by atoms with van der Waals surface area (Å²) in [6.07, 6.45) is 4.70. The van der Waals surface area contributed by atoms with Crippen LogP contribution >= 0.6 is 0 Å². The van der Waals surface area contributed by atoms with Gasteiger partial charge in [0.1, 0.15) is 0 Å². The van der Waals surface area contributed by atoms with Crippen molar-refractivity contribution in [2.75, 3.05) is 0 Å². The summed E-state index contributed by atoms with van der Waals surface area (Å²) in [5, 5.41) is 4.59. The lowest BCUT2D eigenvalue weighted by Gasteiger charge is -2.10. The third-order valence-corrected chi connectivity index (χ3v) is 3.22. The number of aryl methyl sites for hydroxylation is 2. The van der Waals surface area contributed by atoms with E-state index >= 15 is 0 Å². The van der Waals surface area contributed by atoms with Gasteiger partial charge < -0.3 is 5.73 Å². The summed E-state index contributed by atoms with van der Waals surface area (Å²) in [5.41, 5.74) is 9.71. The molecule has 0 radical (unpaired) electrons. The van der Waals surface area contributed by atoms with Gasteiger partial charge in [0.05, 0.1) is 5.69 Å². The van der Waals surface area contributed by atoms with Crippen molar-refractivity contribution < 1.29 is 0 Å². The third kappa shape index (κ3) is 2.85. The van der Waals surface area contributed by atoms with Gasteiger partial charge in [-0.1, -0.05) is 26.7 Å². The van der Waals surface area contributed by atoms with E-state index < -0.39 is 0 Å². The molecule has 1 heterocycles. The number of nitrogens with two attached hydrogens (primary N) is 1. The van der Waals surface area contributed by atoms with E-state index in [2.05, 4.69) is 37.5 Å². The summed E-state index contributed by atoms with van der Waals surface area (Å²) in [7, 11) is 0. The lowest BCUT2D eigenvalue weighted by Crippen LogP contribution is -2.11. The van der Waals surface area contributed by atoms with E-state index in [0.717, 1.165) is 18.7 Å². The molecule has 1 atom stereocenters. The SMILES string of the molecule is CCCCCn1nc(C)c(C(N)CC)c1C. The fraction of sp³-hybridized carbons (Fsp3) is 0.769. The van der Waals surface area contributed by atoms with Gasteiger partial charge >= 0.3 is 0 Å². The van der Waals surface area contributed by atoms with Crippen molar-refractivity contribution in [1.29, 1.82) is 0 Å². The molecule has 0 aromatic carbocycles. The highest BCUT2D eigenvalue weighted by Gasteiger charge is 2.15. The average molecular weight is 223 g/mol. The summed E-state index contributed by atoms with van der Waals surface area (Å²) in [6, 6.07) is 0.139. The highest BCUT2D eigenvalue weighted by Crippen LogP contribution is 2.22. The van der Waals surface area contributed by atoms with Gasteiger partial charge in [0.25, 0.3) is 0 Å². The van der Waals surface area contributed by atoms with Crippen molar-refractivity contribution >= 4 is 0 Å². The van der Waals surface area contributed by atoms with E-state index in [0.29, 0.717) is 0 Å². The van der Waals surface area contributed by atoms with E-state index in [1.54, 1.807) is 0 Å². The summed E-state index contributed by atoms with van der Waals surface area (Å²) < 4.78 is 2.12. The van der Waals surface area contributed by atoms with Crippen LogP contribution in [-0.4, -0.2) is 9.78 Å². The second kappa shape index (κ2) is 6.04. The molecule has 92 valence electrons. The molecule has 16 heavy (non-hydrogen) atoms. The van der Waals surface area contributed by atoms with Crippen LogP contribution in [0.3, 0.4) is 0 Å². The van der Waals surface area contributed by atoms with Crippen LogP contribution < -0.4 is 5.73 Å². The molecule has 3 heteroatoms. The van der Waals surface area contributed by atoms with E-state index in [4.69, 9.17) is 5.73 Å². The molecule has 0 bridgehead atoms. The Morgan fingerprint density at radius 3 is 2.50 bits per heavy atom. The van der Waals surface area contributed by atoms with Gasteiger partial charge in [-0.05, 0) is 26.7 Å². The molecule has 1 aromatic heterocycles. The molecule has 0 saturated carbocycles. The zero-order valence-electron chi connectivity index (χ0n) is 11.1. The third-order valence-electron chi connectivity index (χ3n) is 3.22. The minimum absolute atomic E-state index is 0.139. The first kappa shape index (κ1) is 13.2. The summed E-state index contributed by atoms with van der Waals surface area (Å²) in [6.45, 7) is 9.57. The molecule has 0 amide bonds. The molecule has 1 rings (SSSR count). The van der Waals surface area contributed by atoms with Crippen LogP contribution in [0.4, 0.5) is 0 Å². The highest BCUT2D eigenvalue weighted by atomic mass is 15.3. The van der Waals surface area contributed by atoms with Crippen LogP contribution in [0.15, 0.2) is 0 Å². The Labute approximate surface area is 99.0 Å². The first-order chi connectivity index (χ1) is 7.61. The summed E-state index contributed by atoms with van der Waals surface area (Å²) in [5.74, 6) is 0. The predicted molar refractivity (Wildman–Crippen MR) is 68.4 cm³/mol. The molecule has 0 aliphatic carbocycles. The number of nitrogens with zero attached hydrogens (tertiary/aromatic N) is 2. The number of hydrogen-bond donors (Lipinski definition) is 1. The second-order valence-corrected chi connectivity index (χ2v) is 4.53. The zero-order chi connectivity index (χ0) is 12.1. The Hall–Kier alpha value is -0.830. The van der Waals surface area contributed by atoms with Gasteiger partial charge in [-0.25, -0.2) is 0 Å². The molecule has 1 aromatic rings. The smallest absolute Gasteiger partial charge is 0.0644 e. The monoisotopic (exact) mass is 223 g/mol. The predicted octanol–water partition coefficient (Wildman–Crippen LogP) is 3.10. The van der Waals surface area contributed by atoms with Crippen molar-refractivity contribution in [3.63, 3.8) is 0 Å². The summed E-state index contributed by atoms with van der Waals surface area (Å²) in [4.78, 5) is 0. The quantitative estimate of drug-likeness (QED) is 0.753. The lowest BCUT2D eigenvalue weighted by molar-refractivity contribution is 0.538. The molecule has 0 aliphatic rings. The number of hydrogen-bond acceptors (Lipinski definition) is 2. The molecular weight excluding hydrogens is 198 g/mol. The number of rotatable bonds is 6. The van der Waals surface area contributed by atoms with E-state index in [1.807, 2.05) is 0 Å². The Morgan fingerprint density at radius 2 is 1.94 bits per heavy atom. The Bertz CT molecular complexity index is 328. The first-order valence-corrected chi connectivity index (χ1v) is 6.41. The minimum Gasteiger partial charge on any atom is -0.324 e. The molecule has 2 N–H and O–H groups in total. The van der Waals surface area contributed by atoms with Crippen LogP contribution in [0.1, 0.15) is 62.5 Å². The van der Waals surface area contributed by atoms with E-state index in [1.165, 1.54) is 30.5 Å². The summed E-state index contributed by atoms with van der Waals surface area (Å²) >= 11 is 0. The molecule has 0 spiro atoms.